The molecule has 2 N–H and O–H groups in total. The van der Waals surface area contributed by atoms with Crippen LogP contribution in [-0.2, 0) is 9.53 Å². The summed E-state index contributed by atoms with van der Waals surface area (Å²) in [6.07, 6.45) is 2.43. The summed E-state index contributed by atoms with van der Waals surface area (Å²) in [6, 6.07) is 0. The third-order valence-corrected chi connectivity index (χ3v) is 2.26. The average molecular weight is 186 g/mol. The maximum Gasteiger partial charge on any atom is 0.245 e. The van der Waals surface area contributed by atoms with Gasteiger partial charge in [0.25, 0.3) is 0 Å². The molecule has 4 heteroatoms. The van der Waals surface area contributed by atoms with Crippen molar-refractivity contribution in [1.29, 1.82) is 0 Å². The molecule has 1 unspecified atom stereocenters. The van der Waals surface area contributed by atoms with E-state index < -0.39 is 0 Å². The largest absolute Gasteiger partial charge is 0.371 e. The lowest BCUT2D eigenvalue weighted by molar-refractivity contribution is -0.125. The highest BCUT2D eigenvalue weighted by atomic mass is 16.5. The molecule has 1 fully saturated rings. The van der Waals surface area contributed by atoms with Crippen LogP contribution >= 0.6 is 0 Å². The minimum absolute atomic E-state index is 0.0521. The lowest BCUT2D eigenvalue weighted by atomic mass is 10.0. The second-order valence-electron chi connectivity index (χ2n) is 3.40. The van der Waals surface area contributed by atoms with Crippen molar-refractivity contribution in [3.63, 3.8) is 0 Å². The Labute approximate surface area is 79.0 Å². The lowest BCUT2D eigenvalue weighted by Crippen LogP contribution is -2.33. The van der Waals surface area contributed by atoms with Gasteiger partial charge in [-0.15, -0.1) is 0 Å². The average Bonchev–Trinajstić information content (AvgIpc) is 2.19. The van der Waals surface area contributed by atoms with Crippen LogP contribution in [0.15, 0.2) is 0 Å². The van der Waals surface area contributed by atoms with E-state index >= 15 is 0 Å². The fourth-order valence-electron chi connectivity index (χ4n) is 1.46. The minimum atomic E-state index is -0.0521. The van der Waals surface area contributed by atoms with E-state index in [4.69, 9.17) is 4.74 Å². The zero-order valence-corrected chi connectivity index (χ0v) is 8.14. The highest BCUT2D eigenvalue weighted by Crippen LogP contribution is 2.09. The Morgan fingerprint density at radius 1 is 1.69 bits per heavy atom. The maximum atomic E-state index is 10.8. The first-order chi connectivity index (χ1) is 6.33. The van der Waals surface area contributed by atoms with Crippen molar-refractivity contribution in [2.75, 3.05) is 33.4 Å². The minimum Gasteiger partial charge on any atom is -0.371 e. The number of carbonyl (C=O) groups excluding carboxylic acids is 1. The molecule has 1 aliphatic heterocycles. The van der Waals surface area contributed by atoms with Gasteiger partial charge >= 0.3 is 0 Å². The quantitative estimate of drug-likeness (QED) is 0.636. The molecule has 0 bridgehead atoms. The first-order valence-corrected chi connectivity index (χ1v) is 4.82. The van der Waals surface area contributed by atoms with Gasteiger partial charge in [-0.2, -0.15) is 0 Å². The Kier molecular flexibility index (Phi) is 4.78. The molecule has 1 amide bonds. The summed E-state index contributed by atoms with van der Waals surface area (Å²) in [4.78, 5) is 10.8. The van der Waals surface area contributed by atoms with Gasteiger partial charge in [-0.25, -0.2) is 0 Å². The van der Waals surface area contributed by atoms with E-state index in [2.05, 4.69) is 10.6 Å². The summed E-state index contributed by atoms with van der Waals surface area (Å²) < 4.78 is 5.27. The van der Waals surface area contributed by atoms with Gasteiger partial charge in [-0.3, -0.25) is 4.79 Å². The molecule has 1 aliphatic rings. The van der Waals surface area contributed by atoms with Crippen LogP contribution in [0.1, 0.15) is 12.8 Å². The number of hydrogen-bond acceptors (Lipinski definition) is 3. The van der Waals surface area contributed by atoms with Gasteiger partial charge in [0.1, 0.15) is 6.61 Å². The zero-order chi connectivity index (χ0) is 9.52. The number of nitrogens with one attached hydrogen (secondary N) is 2. The second-order valence-corrected chi connectivity index (χ2v) is 3.40. The van der Waals surface area contributed by atoms with E-state index in [0.717, 1.165) is 13.1 Å². The number of rotatable bonds is 4. The first kappa shape index (κ1) is 10.5. The molecule has 0 aromatic rings. The molecule has 0 aliphatic carbocycles. The summed E-state index contributed by atoms with van der Waals surface area (Å²) in [6.45, 7) is 3.02. The third-order valence-electron chi connectivity index (χ3n) is 2.26. The number of likely N-dealkylation sites (N-methyl/N-ethyl adjacent to an activating group) is 1. The van der Waals surface area contributed by atoms with E-state index in [9.17, 15) is 4.79 Å². The van der Waals surface area contributed by atoms with Gasteiger partial charge in [0.2, 0.25) is 5.91 Å². The Hall–Kier alpha value is -0.610. The third kappa shape index (κ3) is 4.24. The molecule has 1 saturated heterocycles. The topological polar surface area (TPSA) is 50.4 Å². The summed E-state index contributed by atoms with van der Waals surface area (Å²) in [5.74, 6) is 0.530. The molecule has 1 heterocycles. The molecule has 0 aromatic carbocycles. The Bertz CT molecular complexity index is 156. The first-order valence-electron chi connectivity index (χ1n) is 4.82. The van der Waals surface area contributed by atoms with Crippen molar-refractivity contribution in [2.45, 2.75) is 12.8 Å². The predicted molar refractivity (Wildman–Crippen MR) is 50.5 cm³/mol. The molecule has 0 radical (unpaired) electrons. The van der Waals surface area contributed by atoms with Crippen molar-refractivity contribution < 1.29 is 9.53 Å². The van der Waals surface area contributed by atoms with E-state index in [-0.39, 0.29) is 12.5 Å². The van der Waals surface area contributed by atoms with Crippen LogP contribution in [0.4, 0.5) is 0 Å². The summed E-state index contributed by atoms with van der Waals surface area (Å²) in [7, 11) is 1.62. The Morgan fingerprint density at radius 2 is 2.54 bits per heavy atom. The standard InChI is InChI=1S/C9H18N2O2/c1-10-9(12)7-13-6-8-3-2-4-11-5-8/h8,11H,2-7H2,1H3,(H,10,12). The van der Waals surface area contributed by atoms with Crippen LogP contribution < -0.4 is 10.6 Å². The smallest absolute Gasteiger partial charge is 0.245 e. The number of ether oxygens (including phenoxy) is 1. The van der Waals surface area contributed by atoms with Gasteiger partial charge in [0, 0.05) is 13.6 Å². The lowest BCUT2D eigenvalue weighted by Gasteiger charge is -2.22. The van der Waals surface area contributed by atoms with Crippen molar-refractivity contribution in [1.82, 2.24) is 10.6 Å². The molecule has 4 nitrogen and oxygen atoms in total. The summed E-state index contributed by atoms with van der Waals surface area (Å²) in [5.41, 5.74) is 0. The molecule has 0 aromatic heterocycles. The Balaban J connectivity index is 2.01. The number of piperidine rings is 1. The van der Waals surface area contributed by atoms with Gasteiger partial charge in [-0.1, -0.05) is 0 Å². The maximum absolute atomic E-state index is 10.8. The van der Waals surface area contributed by atoms with Crippen molar-refractivity contribution in [3.8, 4) is 0 Å². The Morgan fingerprint density at radius 3 is 3.15 bits per heavy atom. The fourth-order valence-corrected chi connectivity index (χ4v) is 1.46. The SMILES string of the molecule is CNC(=O)COCC1CCCNC1. The van der Waals surface area contributed by atoms with Crippen LogP contribution in [0, 0.1) is 5.92 Å². The molecule has 1 atom stereocenters. The fraction of sp³-hybridized carbons (Fsp3) is 0.889. The highest BCUT2D eigenvalue weighted by molar-refractivity contribution is 5.76. The van der Waals surface area contributed by atoms with E-state index in [1.54, 1.807) is 7.05 Å². The number of hydrogen-bond donors (Lipinski definition) is 2. The van der Waals surface area contributed by atoms with Gasteiger partial charge in [-0.05, 0) is 25.3 Å². The van der Waals surface area contributed by atoms with Gasteiger partial charge in [0.15, 0.2) is 0 Å². The molecule has 1 rings (SSSR count). The molecule has 0 spiro atoms. The second kappa shape index (κ2) is 5.94. The zero-order valence-electron chi connectivity index (χ0n) is 8.14. The molecular weight excluding hydrogens is 168 g/mol. The molecule has 13 heavy (non-hydrogen) atoms. The van der Waals surface area contributed by atoms with Crippen LogP contribution in [0.25, 0.3) is 0 Å². The monoisotopic (exact) mass is 186 g/mol. The van der Waals surface area contributed by atoms with Crippen LogP contribution in [0.5, 0.6) is 0 Å². The van der Waals surface area contributed by atoms with Crippen LogP contribution in [-0.4, -0.2) is 39.3 Å². The highest BCUT2D eigenvalue weighted by Gasteiger charge is 2.12. The summed E-state index contributed by atoms with van der Waals surface area (Å²) in [5, 5.41) is 5.83. The molecule has 0 saturated carbocycles. The normalized spacial score (nSPS) is 22.7. The van der Waals surface area contributed by atoms with Gasteiger partial charge in [0.05, 0.1) is 6.61 Å². The predicted octanol–water partition coefficient (Wildman–Crippen LogP) is -0.251. The number of amides is 1. The summed E-state index contributed by atoms with van der Waals surface area (Å²) >= 11 is 0. The van der Waals surface area contributed by atoms with Crippen LogP contribution in [0.3, 0.4) is 0 Å². The molecule has 76 valence electrons. The van der Waals surface area contributed by atoms with E-state index in [0.29, 0.717) is 12.5 Å². The van der Waals surface area contributed by atoms with E-state index in [1.807, 2.05) is 0 Å². The molecular formula is C9H18N2O2. The van der Waals surface area contributed by atoms with E-state index in [1.165, 1.54) is 12.8 Å². The van der Waals surface area contributed by atoms with Crippen molar-refractivity contribution in [3.05, 3.63) is 0 Å². The van der Waals surface area contributed by atoms with Gasteiger partial charge < -0.3 is 15.4 Å². The van der Waals surface area contributed by atoms with Crippen molar-refractivity contribution in [2.24, 2.45) is 5.92 Å². The van der Waals surface area contributed by atoms with Crippen molar-refractivity contribution >= 4 is 5.91 Å². The number of carbonyl (C=O) groups is 1. The van der Waals surface area contributed by atoms with Crippen LogP contribution in [0.2, 0.25) is 0 Å².